The van der Waals surface area contributed by atoms with Gasteiger partial charge in [-0.15, -0.1) is 10.2 Å². The molecule has 0 bridgehead atoms. The summed E-state index contributed by atoms with van der Waals surface area (Å²) in [5.74, 6) is -0.528. The predicted molar refractivity (Wildman–Crippen MR) is 72.2 cm³/mol. The number of carbonyl (C=O) groups is 2. The molecule has 106 valence electrons. The summed E-state index contributed by atoms with van der Waals surface area (Å²) in [6, 6.07) is 6.76. The van der Waals surface area contributed by atoms with E-state index in [0.717, 1.165) is 11.1 Å². The molecule has 7 heteroatoms. The summed E-state index contributed by atoms with van der Waals surface area (Å²) in [6.07, 6.45) is 1.53. The average molecular weight is 284 g/mol. The summed E-state index contributed by atoms with van der Waals surface area (Å²) >= 11 is 0. The van der Waals surface area contributed by atoms with Crippen LogP contribution in [-0.4, -0.2) is 32.2 Å². The van der Waals surface area contributed by atoms with Crippen molar-refractivity contribution in [3.8, 4) is 0 Å². The van der Waals surface area contributed by atoms with Gasteiger partial charge in [-0.25, -0.2) is 0 Å². The van der Waals surface area contributed by atoms with E-state index in [-0.39, 0.29) is 17.8 Å². The maximum atomic E-state index is 11.9. The van der Waals surface area contributed by atoms with E-state index in [4.69, 9.17) is 0 Å². The van der Waals surface area contributed by atoms with Crippen molar-refractivity contribution in [1.29, 1.82) is 0 Å². The minimum atomic E-state index is -0.667. The van der Waals surface area contributed by atoms with Crippen LogP contribution in [0.25, 0.3) is 0 Å². The van der Waals surface area contributed by atoms with Crippen molar-refractivity contribution in [3.63, 3.8) is 0 Å². The number of benzene rings is 1. The van der Waals surface area contributed by atoms with Gasteiger partial charge in [-0.2, -0.15) is 0 Å². The molecule has 2 heterocycles. The lowest BCUT2D eigenvalue weighted by Gasteiger charge is -2.21. The van der Waals surface area contributed by atoms with Crippen molar-refractivity contribution in [2.75, 3.05) is 0 Å². The molecule has 1 aromatic heterocycles. The number of rotatable bonds is 4. The van der Waals surface area contributed by atoms with Crippen LogP contribution in [0.5, 0.6) is 0 Å². The van der Waals surface area contributed by atoms with Crippen LogP contribution in [0.2, 0.25) is 0 Å². The SMILES string of the molecule is O=CC(=O)C1c2ccccc2CN1Cc1nnc[nH]c1=O. The number of aromatic nitrogens is 3. The van der Waals surface area contributed by atoms with Gasteiger partial charge >= 0.3 is 0 Å². The number of fused-ring (bicyclic) bond motifs is 1. The number of nitrogens with one attached hydrogen (secondary N) is 1. The minimum Gasteiger partial charge on any atom is -0.310 e. The highest BCUT2D eigenvalue weighted by molar-refractivity contribution is 6.27. The van der Waals surface area contributed by atoms with Gasteiger partial charge in [0, 0.05) is 13.1 Å². The largest absolute Gasteiger partial charge is 0.310 e. The van der Waals surface area contributed by atoms with E-state index >= 15 is 0 Å². The van der Waals surface area contributed by atoms with Gasteiger partial charge in [-0.3, -0.25) is 19.3 Å². The normalized spacial score (nSPS) is 17.4. The smallest absolute Gasteiger partial charge is 0.274 e. The fourth-order valence-corrected chi connectivity index (χ4v) is 2.61. The number of carbonyl (C=O) groups excluding carboxylic acids is 2. The number of H-pyrrole nitrogens is 1. The van der Waals surface area contributed by atoms with Crippen LogP contribution < -0.4 is 5.56 Å². The zero-order valence-electron chi connectivity index (χ0n) is 11.0. The highest BCUT2D eigenvalue weighted by Gasteiger charge is 2.35. The van der Waals surface area contributed by atoms with E-state index in [1.807, 2.05) is 24.3 Å². The Bertz CT molecular complexity index is 756. The van der Waals surface area contributed by atoms with Crippen LogP contribution in [-0.2, 0) is 22.7 Å². The first-order valence-corrected chi connectivity index (χ1v) is 6.41. The first-order valence-electron chi connectivity index (χ1n) is 6.41. The van der Waals surface area contributed by atoms with Crippen LogP contribution >= 0.6 is 0 Å². The van der Waals surface area contributed by atoms with E-state index in [1.54, 1.807) is 4.90 Å². The Hall–Kier alpha value is -2.67. The summed E-state index contributed by atoms with van der Waals surface area (Å²) in [5.41, 5.74) is 1.64. The Kier molecular flexibility index (Phi) is 3.41. The number of hydrogen-bond acceptors (Lipinski definition) is 6. The molecule has 3 rings (SSSR count). The third kappa shape index (κ3) is 2.38. The molecule has 1 unspecified atom stereocenters. The van der Waals surface area contributed by atoms with Crippen LogP contribution in [0.1, 0.15) is 22.9 Å². The van der Waals surface area contributed by atoms with Gasteiger partial charge < -0.3 is 4.98 Å². The van der Waals surface area contributed by atoms with E-state index in [9.17, 15) is 14.4 Å². The van der Waals surface area contributed by atoms with Gasteiger partial charge in [0.2, 0.25) is 5.78 Å². The number of nitrogens with zero attached hydrogens (tertiary/aromatic N) is 3. The Morgan fingerprint density at radius 2 is 2.24 bits per heavy atom. The number of ketones is 1. The molecule has 0 spiro atoms. The Labute approximate surface area is 119 Å². The molecule has 1 aliphatic rings. The maximum Gasteiger partial charge on any atom is 0.274 e. The second-order valence-corrected chi connectivity index (χ2v) is 4.79. The summed E-state index contributed by atoms with van der Waals surface area (Å²) in [4.78, 5) is 38.7. The summed E-state index contributed by atoms with van der Waals surface area (Å²) < 4.78 is 0. The monoisotopic (exact) mass is 284 g/mol. The topological polar surface area (TPSA) is 96.0 Å². The van der Waals surface area contributed by atoms with Crippen LogP contribution in [0.4, 0.5) is 0 Å². The Morgan fingerprint density at radius 1 is 1.43 bits per heavy atom. The fraction of sp³-hybridized carbons (Fsp3) is 0.214. The molecule has 1 atom stereocenters. The molecule has 21 heavy (non-hydrogen) atoms. The van der Waals surface area contributed by atoms with Gasteiger partial charge in [0.15, 0.2) is 6.29 Å². The van der Waals surface area contributed by atoms with Crippen molar-refractivity contribution in [1.82, 2.24) is 20.1 Å². The predicted octanol–water partition coefficient (Wildman–Crippen LogP) is -0.0102. The number of aromatic amines is 1. The third-order valence-corrected chi connectivity index (χ3v) is 3.52. The lowest BCUT2D eigenvalue weighted by molar-refractivity contribution is -0.133. The van der Waals surface area contributed by atoms with Crippen LogP contribution in [0.3, 0.4) is 0 Å². The quantitative estimate of drug-likeness (QED) is 0.626. The number of Topliss-reactive ketones (excluding diaryl/α,β-unsaturated/α-hetero) is 1. The van der Waals surface area contributed by atoms with Crippen molar-refractivity contribution in [3.05, 3.63) is 57.8 Å². The van der Waals surface area contributed by atoms with Gasteiger partial charge in [0.1, 0.15) is 18.1 Å². The third-order valence-electron chi connectivity index (χ3n) is 3.52. The molecular weight excluding hydrogens is 272 g/mol. The summed E-state index contributed by atoms with van der Waals surface area (Å²) in [7, 11) is 0. The molecule has 0 saturated heterocycles. The Balaban J connectivity index is 1.96. The highest BCUT2D eigenvalue weighted by atomic mass is 16.2. The molecule has 0 saturated carbocycles. The summed E-state index contributed by atoms with van der Waals surface area (Å²) in [5, 5.41) is 7.43. The molecule has 0 fully saturated rings. The standard InChI is InChI=1S/C14H12N4O3/c19-7-12(20)13-10-4-2-1-3-9(10)5-18(13)6-11-14(21)15-8-16-17-11/h1-4,7-8,13H,5-6H2,(H,15,16,21). The zero-order valence-corrected chi connectivity index (χ0v) is 11.0. The highest BCUT2D eigenvalue weighted by Crippen LogP contribution is 2.34. The van der Waals surface area contributed by atoms with Gasteiger partial charge in [-0.05, 0) is 11.1 Å². The molecular formula is C14H12N4O3. The first-order chi connectivity index (χ1) is 10.2. The molecule has 1 N–H and O–H groups in total. The van der Waals surface area contributed by atoms with Crippen molar-refractivity contribution in [2.24, 2.45) is 0 Å². The molecule has 1 aliphatic heterocycles. The van der Waals surface area contributed by atoms with Crippen molar-refractivity contribution >= 4 is 12.1 Å². The minimum absolute atomic E-state index is 0.155. The molecule has 7 nitrogen and oxygen atoms in total. The molecule has 0 amide bonds. The first kappa shape index (κ1) is 13.3. The summed E-state index contributed by atoms with van der Waals surface area (Å²) in [6.45, 7) is 0.637. The van der Waals surface area contributed by atoms with Crippen LogP contribution in [0.15, 0.2) is 35.4 Å². The van der Waals surface area contributed by atoms with Crippen LogP contribution in [0, 0.1) is 0 Å². The average Bonchev–Trinajstić information content (AvgIpc) is 2.87. The molecule has 0 radical (unpaired) electrons. The number of hydrogen-bond donors (Lipinski definition) is 1. The van der Waals surface area contributed by atoms with Gasteiger partial charge in [0.25, 0.3) is 5.56 Å². The van der Waals surface area contributed by atoms with E-state index in [2.05, 4.69) is 15.2 Å². The maximum absolute atomic E-state index is 11.9. The zero-order chi connectivity index (χ0) is 14.8. The molecule has 1 aromatic carbocycles. The second-order valence-electron chi connectivity index (χ2n) is 4.79. The van der Waals surface area contributed by atoms with E-state index in [0.29, 0.717) is 12.8 Å². The van der Waals surface area contributed by atoms with E-state index in [1.165, 1.54) is 6.33 Å². The second kappa shape index (κ2) is 5.37. The van der Waals surface area contributed by atoms with Gasteiger partial charge in [0.05, 0.1) is 0 Å². The van der Waals surface area contributed by atoms with Gasteiger partial charge in [-0.1, -0.05) is 24.3 Å². The van der Waals surface area contributed by atoms with E-state index < -0.39 is 11.8 Å². The fourth-order valence-electron chi connectivity index (χ4n) is 2.61. The molecule has 2 aromatic rings. The van der Waals surface area contributed by atoms with Crippen molar-refractivity contribution in [2.45, 2.75) is 19.1 Å². The van der Waals surface area contributed by atoms with Crippen molar-refractivity contribution < 1.29 is 9.59 Å². The molecule has 0 aliphatic carbocycles. The Morgan fingerprint density at radius 3 is 3.00 bits per heavy atom. The lowest BCUT2D eigenvalue weighted by Crippen LogP contribution is -2.31. The number of aldehydes is 1. The lowest BCUT2D eigenvalue weighted by atomic mass is 10.0.